The molecule has 4 aromatic rings. The van der Waals surface area contributed by atoms with Gasteiger partial charge in [0.05, 0.1) is 5.30 Å². The number of fused-ring (bicyclic) bond motifs is 6. The summed E-state index contributed by atoms with van der Waals surface area (Å²) in [6.45, 7) is 0. The van der Waals surface area contributed by atoms with Crippen LogP contribution in [0.3, 0.4) is 0 Å². The Kier molecular flexibility index (Phi) is 2.79. The van der Waals surface area contributed by atoms with Gasteiger partial charge < -0.3 is 9.05 Å². The second-order valence-corrected chi connectivity index (χ2v) is 6.92. The Morgan fingerprint density at radius 1 is 0.478 bits per heavy atom. The molecule has 0 N–H and O–H groups in total. The zero-order valence-corrected chi connectivity index (χ0v) is 13.2. The molecule has 0 unspecified atom stereocenters. The highest BCUT2D eigenvalue weighted by Gasteiger charge is 2.31. The summed E-state index contributed by atoms with van der Waals surface area (Å²) in [5, 5.41) is 5.72. The van der Waals surface area contributed by atoms with Crippen LogP contribution in [0.4, 0.5) is 0 Å². The van der Waals surface area contributed by atoms with Gasteiger partial charge >= 0.3 is 8.38 Å². The third kappa shape index (κ3) is 1.92. The van der Waals surface area contributed by atoms with Crippen LogP contribution in [0.2, 0.25) is 0 Å². The third-order valence-electron chi connectivity index (χ3n) is 4.16. The number of rotatable bonds is 1. The Morgan fingerprint density at radius 3 is 1.43 bits per heavy atom. The van der Waals surface area contributed by atoms with E-state index >= 15 is 0 Å². The van der Waals surface area contributed by atoms with E-state index in [2.05, 4.69) is 48.5 Å². The van der Waals surface area contributed by atoms with Crippen molar-refractivity contribution in [3.63, 3.8) is 0 Å². The Balaban J connectivity index is 1.79. The van der Waals surface area contributed by atoms with Crippen LogP contribution < -0.4 is 14.4 Å². The van der Waals surface area contributed by atoms with Gasteiger partial charge in [0, 0.05) is 10.8 Å². The summed E-state index contributed by atoms with van der Waals surface area (Å²) in [5.41, 5.74) is 0. The molecule has 4 aromatic carbocycles. The quantitative estimate of drug-likeness (QED) is 0.346. The van der Waals surface area contributed by atoms with E-state index in [1.54, 1.807) is 0 Å². The first kappa shape index (κ1) is 12.9. The smallest absolute Gasteiger partial charge is 0.326 e. The summed E-state index contributed by atoms with van der Waals surface area (Å²) in [6, 6.07) is 26.9. The molecule has 3 heteroatoms. The van der Waals surface area contributed by atoms with E-state index in [1.807, 2.05) is 30.3 Å². The molecule has 2 nitrogen and oxygen atoms in total. The van der Waals surface area contributed by atoms with Crippen LogP contribution in [0, 0.1) is 0 Å². The molecule has 110 valence electrons. The van der Waals surface area contributed by atoms with Gasteiger partial charge in [0.1, 0.15) is 0 Å². The van der Waals surface area contributed by atoms with Crippen molar-refractivity contribution < 1.29 is 9.05 Å². The van der Waals surface area contributed by atoms with E-state index < -0.39 is 8.38 Å². The lowest BCUT2D eigenvalue weighted by Gasteiger charge is -2.07. The zero-order chi connectivity index (χ0) is 15.2. The fraction of sp³-hybridized carbons (Fsp3) is 0. The minimum Gasteiger partial charge on any atom is -0.431 e. The summed E-state index contributed by atoms with van der Waals surface area (Å²) in [4.78, 5) is 0. The van der Waals surface area contributed by atoms with Crippen molar-refractivity contribution in [2.45, 2.75) is 0 Å². The minimum absolute atomic E-state index is 0.870. The van der Waals surface area contributed by atoms with Crippen LogP contribution in [0.25, 0.3) is 21.5 Å². The molecule has 1 heterocycles. The number of benzene rings is 4. The standard InChI is InChI=1S/C20H13O2P/c1-2-8-14(9-3-1)23-21-19-17-12-6-4-10-15(17)16-11-5-7-13-18(16)20(19)22-23/h1-13H. The van der Waals surface area contributed by atoms with Crippen LogP contribution in [-0.4, -0.2) is 0 Å². The van der Waals surface area contributed by atoms with Gasteiger partial charge in [0.15, 0.2) is 11.5 Å². The van der Waals surface area contributed by atoms with Gasteiger partial charge in [0.2, 0.25) is 0 Å². The summed E-state index contributed by atoms with van der Waals surface area (Å²) in [5.74, 6) is 1.74. The molecule has 0 saturated heterocycles. The van der Waals surface area contributed by atoms with E-state index in [9.17, 15) is 0 Å². The lowest BCUT2D eigenvalue weighted by Crippen LogP contribution is -2.04. The highest BCUT2D eigenvalue weighted by atomic mass is 31.2. The topological polar surface area (TPSA) is 18.5 Å². The zero-order valence-electron chi connectivity index (χ0n) is 12.3. The maximum atomic E-state index is 6.26. The van der Waals surface area contributed by atoms with Crippen LogP contribution in [0.15, 0.2) is 78.9 Å². The van der Waals surface area contributed by atoms with Crippen LogP contribution in [-0.2, 0) is 0 Å². The molecule has 5 rings (SSSR count). The Morgan fingerprint density at radius 2 is 0.913 bits per heavy atom. The van der Waals surface area contributed by atoms with Crippen molar-refractivity contribution >= 4 is 35.2 Å². The van der Waals surface area contributed by atoms with Crippen molar-refractivity contribution in [3.05, 3.63) is 78.9 Å². The van der Waals surface area contributed by atoms with Gasteiger partial charge in [-0.25, -0.2) is 0 Å². The molecule has 0 aliphatic carbocycles. The largest absolute Gasteiger partial charge is 0.431 e. The van der Waals surface area contributed by atoms with E-state index in [-0.39, 0.29) is 0 Å². The molecule has 0 saturated carbocycles. The summed E-state index contributed by atoms with van der Waals surface area (Å²) >= 11 is 0. The fourth-order valence-corrected chi connectivity index (χ4v) is 4.46. The molecule has 23 heavy (non-hydrogen) atoms. The first-order chi connectivity index (χ1) is 11.4. The maximum absolute atomic E-state index is 6.26. The molecule has 0 radical (unpaired) electrons. The molecule has 0 aromatic heterocycles. The average molecular weight is 316 g/mol. The van der Waals surface area contributed by atoms with E-state index in [1.165, 1.54) is 10.8 Å². The first-order valence-electron chi connectivity index (χ1n) is 7.56. The second kappa shape index (κ2) is 4.97. The SMILES string of the molecule is c1ccc(P2Oc3c(c4ccccc4c4ccccc34)O2)cc1. The highest BCUT2D eigenvalue weighted by molar-refractivity contribution is 7.57. The van der Waals surface area contributed by atoms with Crippen molar-refractivity contribution in [2.75, 3.05) is 0 Å². The normalized spacial score (nSPS) is 13.7. The van der Waals surface area contributed by atoms with Gasteiger partial charge in [-0.1, -0.05) is 66.7 Å². The van der Waals surface area contributed by atoms with Crippen molar-refractivity contribution in [2.24, 2.45) is 0 Å². The maximum Gasteiger partial charge on any atom is 0.326 e. The lowest BCUT2D eigenvalue weighted by atomic mass is 10.0. The van der Waals surface area contributed by atoms with Gasteiger partial charge in [-0.15, -0.1) is 0 Å². The summed E-state index contributed by atoms with van der Waals surface area (Å²) < 4.78 is 12.5. The predicted octanol–water partition coefficient (Wildman–Crippen LogP) is 5.40. The Labute approximate surface area is 135 Å². The minimum atomic E-state index is -1.11. The second-order valence-electron chi connectivity index (χ2n) is 5.52. The van der Waals surface area contributed by atoms with Crippen molar-refractivity contribution in [1.82, 2.24) is 0 Å². The highest BCUT2D eigenvalue weighted by Crippen LogP contribution is 2.57. The lowest BCUT2D eigenvalue weighted by molar-refractivity contribution is 0.591. The Hall–Kier alpha value is -2.57. The molecule has 0 spiro atoms. The molecule has 0 amide bonds. The Bertz CT molecular complexity index is 963. The molecule has 1 aliphatic rings. The number of hydrogen-bond donors (Lipinski definition) is 0. The van der Waals surface area contributed by atoms with Gasteiger partial charge in [-0.2, -0.15) is 0 Å². The third-order valence-corrected chi connectivity index (χ3v) is 5.57. The monoisotopic (exact) mass is 316 g/mol. The molecule has 0 bridgehead atoms. The molecular formula is C20H13O2P. The number of hydrogen-bond acceptors (Lipinski definition) is 2. The average Bonchev–Trinajstić information content (AvgIpc) is 3.09. The van der Waals surface area contributed by atoms with Crippen LogP contribution in [0.1, 0.15) is 0 Å². The van der Waals surface area contributed by atoms with Crippen molar-refractivity contribution in [1.29, 1.82) is 0 Å². The summed E-state index contributed by atoms with van der Waals surface area (Å²) in [6.07, 6.45) is 0. The van der Waals surface area contributed by atoms with Crippen LogP contribution >= 0.6 is 8.38 Å². The molecule has 0 fully saturated rings. The van der Waals surface area contributed by atoms with E-state index in [0.29, 0.717) is 0 Å². The van der Waals surface area contributed by atoms with Gasteiger partial charge in [-0.05, 0) is 22.9 Å². The van der Waals surface area contributed by atoms with Gasteiger partial charge in [-0.3, -0.25) is 0 Å². The van der Waals surface area contributed by atoms with E-state index in [4.69, 9.17) is 9.05 Å². The predicted molar refractivity (Wildman–Crippen MR) is 95.7 cm³/mol. The first-order valence-corrected chi connectivity index (χ1v) is 8.74. The van der Waals surface area contributed by atoms with Gasteiger partial charge in [0.25, 0.3) is 0 Å². The summed E-state index contributed by atoms with van der Waals surface area (Å²) in [7, 11) is -1.11. The molecule has 1 aliphatic heterocycles. The molecule has 0 atom stereocenters. The van der Waals surface area contributed by atoms with Crippen molar-refractivity contribution in [3.8, 4) is 11.5 Å². The molecular weight excluding hydrogens is 303 g/mol. The van der Waals surface area contributed by atoms with Crippen LogP contribution in [0.5, 0.6) is 11.5 Å². The van der Waals surface area contributed by atoms with E-state index in [0.717, 1.165) is 27.6 Å². The fourth-order valence-electron chi connectivity index (χ4n) is 3.10.